The molecule has 3 unspecified atom stereocenters. The van der Waals surface area contributed by atoms with Crippen molar-refractivity contribution < 1.29 is 19.5 Å². The van der Waals surface area contributed by atoms with Gasteiger partial charge in [0.15, 0.2) is 0 Å². The summed E-state index contributed by atoms with van der Waals surface area (Å²) in [6.45, 7) is 4.06. The first-order valence-electron chi connectivity index (χ1n) is 6.23. The lowest BCUT2D eigenvalue weighted by Crippen LogP contribution is -2.50. The molecule has 0 aromatic rings. The smallest absolute Gasteiger partial charge is 0.322 e. The zero-order valence-electron chi connectivity index (χ0n) is 10.5. The second-order valence-corrected chi connectivity index (χ2v) is 5.60. The molecule has 6 nitrogen and oxygen atoms in total. The molecule has 1 aliphatic carbocycles. The summed E-state index contributed by atoms with van der Waals surface area (Å²) in [5.41, 5.74) is -1.01. The van der Waals surface area contributed by atoms with Crippen LogP contribution >= 0.6 is 0 Å². The van der Waals surface area contributed by atoms with Crippen LogP contribution in [0.2, 0.25) is 0 Å². The number of aliphatic carboxylic acids is 1. The number of imide groups is 1. The lowest BCUT2D eigenvalue weighted by molar-refractivity contribution is -0.139. The van der Waals surface area contributed by atoms with Gasteiger partial charge in [-0.1, -0.05) is 13.8 Å². The second kappa shape index (κ2) is 4.26. The zero-order chi connectivity index (χ0) is 13.5. The molecule has 0 aromatic carbocycles. The van der Waals surface area contributed by atoms with Crippen LogP contribution in [0.1, 0.15) is 33.1 Å². The summed E-state index contributed by atoms with van der Waals surface area (Å²) in [5, 5.41) is 13.9. The van der Waals surface area contributed by atoms with E-state index in [0.29, 0.717) is 18.8 Å². The fourth-order valence-corrected chi connectivity index (χ4v) is 2.66. The summed E-state index contributed by atoms with van der Waals surface area (Å²) >= 11 is 0. The number of hydrogen-bond donors (Lipinski definition) is 3. The average molecular weight is 254 g/mol. The SMILES string of the molecule is CC(C)CCC1(C2CC2C(=O)O)NC(=O)NC1=O. The van der Waals surface area contributed by atoms with E-state index >= 15 is 0 Å². The fraction of sp³-hybridized carbons (Fsp3) is 0.750. The van der Waals surface area contributed by atoms with Crippen LogP contribution in [0.5, 0.6) is 0 Å². The van der Waals surface area contributed by atoms with E-state index in [1.54, 1.807) is 0 Å². The monoisotopic (exact) mass is 254 g/mol. The summed E-state index contributed by atoms with van der Waals surface area (Å²) in [4.78, 5) is 34.3. The summed E-state index contributed by atoms with van der Waals surface area (Å²) < 4.78 is 0. The van der Waals surface area contributed by atoms with Gasteiger partial charge in [-0.3, -0.25) is 14.9 Å². The standard InChI is InChI=1S/C12H18N2O4/c1-6(2)3-4-12(8-5-7(8)9(15)16)10(17)13-11(18)14-12/h6-8H,3-5H2,1-2H3,(H,15,16)(H2,13,14,17,18). The highest BCUT2D eigenvalue weighted by molar-refractivity contribution is 6.07. The molecule has 1 aliphatic heterocycles. The minimum Gasteiger partial charge on any atom is -0.481 e. The highest BCUT2D eigenvalue weighted by atomic mass is 16.4. The third-order valence-electron chi connectivity index (χ3n) is 3.83. The number of carboxylic acids is 1. The van der Waals surface area contributed by atoms with Gasteiger partial charge >= 0.3 is 12.0 Å². The molecule has 0 spiro atoms. The van der Waals surface area contributed by atoms with Crippen molar-refractivity contribution in [3.8, 4) is 0 Å². The van der Waals surface area contributed by atoms with Gasteiger partial charge in [0.25, 0.3) is 5.91 Å². The van der Waals surface area contributed by atoms with E-state index < -0.39 is 23.5 Å². The van der Waals surface area contributed by atoms with Crippen molar-refractivity contribution in [2.75, 3.05) is 0 Å². The molecule has 0 aromatic heterocycles. The van der Waals surface area contributed by atoms with E-state index in [9.17, 15) is 14.4 Å². The third-order valence-corrected chi connectivity index (χ3v) is 3.83. The number of urea groups is 1. The van der Waals surface area contributed by atoms with E-state index in [1.165, 1.54) is 0 Å². The Morgan fingerprint density at radius 2 is 2.17 bits per heavy atom. The largest absolute Gasteiger partial charge is 0.481 e. The van der Waals surface area contributed by atoms with E-state index in [-0.39, 0.29) is 11.8 Å². The van der Waals surface area contributed by atoms with Gasteiger partial charge in [-0.25, -0.2) is 4.79 Å². The lowest BCUT2D eigenvalue weighted by atomic mass is 9.84. The minimum absolute atomic E-state index is 0.278. The van der Waals surface area contributed by atoms with Crippen LogP contribution in [0.3, 0.4) is 0 Å². The van der Waals surface area contributed by atoms with Crippen molar-refractivity contribution >= 4 is 17.9 Å². The van der Waals surface area contributed by atoms with Gasteiger partial charge in [0.05, 0.1) is 5.92 Å². The maximum absolute atomic E-state index is 12.0. The topological polar surface area (TPSA) is 95.5 Å². The van der Waals surface area contributed by atoms with Crippen LogP contribution in [0, 0.1) is 17.8 Å². The summed E-state index contributed by atoms with van der Waals surface area (Å²) in [7, 11) is 0. The number of nitrogens with one attached hydrogen (secondary N) is 2. The molecule has 100 valence electrons. The van der Waals surface area contributed by atoms with Gasteiger partial charge in [-0.2, -0.15) is 0 Å². The molecule has 3 N–H and O–H groups in total. The minimum atomic E-state index is -1.01. The zero-order valence-corrected chi connectivity index (χ0v) is 10.5. The van der Waals surface area contributed by atoms with Crippen LogP contribution in [0.15, 0.2) is 0 Å². The maximum atomic E-state index is 12.0. The highest BCUT2D eigenvalue weighted by Gasteiger charge is 2.62. The molecule has 18 heavy (non-hydrogen) atoms. The van der Waals surface area contributed by atoms with E-state index in [4.69, 9.17) is 5.11 Å². The van der Waals surface area contributed by atoms with Crippen molar-refractivity contribution in [2.24, 2.45) is 17.8 Å². The maximum Gasteiger partial charge on any atom is 0.322 e. The van der Waals surface area contributed by atoms with Crippen LogP contribution in [-0.4, -0.2) is 28.6 Å². The van der Waals surface area contributed by atoms with Gasteiger partial charge in [0.1, 0.15) is 5.54 Å². The second-order valence-electron chi connectivity index (χ2n) is 5.60. The predicted octanol–water partition coefficient (Wildman–Crippen LogP) is 0.722. The van der Waals surface area contributed by atoms with Crippen molar-refractivity contribution in [3.63, 3.8) is 0 Å². The summed E-state index contributed by atoms with van der Waals surface area (Å²) in [5.74, 6) is -1.66. The molecule has 1 heterocycles. The van der Waals surface area contributed by atoms with E-state index in [0.717, 1.165) is 6.42 Å². The number of hydrogen-bond acceptors (Lipinski definition) is 3. The quantitative estimate of drug-likeness (QED) is 0.630. The van der Waals surface area contributed by atoms with Crippen LogP contribution < -0.4 is 10.6 Å². The Balaban J connectivity index is 2.16. The van der Waals surface area contributed by atoms with Crippen LogP contribution in [-0.2, 0) is 9.59 Å². The molecule has 2 aliphatic rings. The molecule has 2 fully saturated rings. The average Bonchev–Trinajstić information content (AvgIpc) is 2.99. The Hall–Kier alpha value is -1.59. The first-order valence-corrected chi connectivity index (χ1v) is 6.23. The molecule has 6 heteroatoms. The van der Waals surface area contributed by atoms with Gasteiger partial charge in [-0.05, 0) is 25.2 Å². The Bertz CT molecular complexity index is 407. The van der Waals surface area contributed by atoms with Crippen LogP contribution in [0.4, 0.5) is 4.79 Å². The normalized spacial score (nSPS) is 34.4. The summed E-state index contributed by atoms with van der Waals surface area (Å²) in [6, 6.07) is -0.514. The molecule has 0 bridgehead atoms. The number of carbonyl (C=O) groups excluding carboxylic acids is 2. The third kappa shape index (κ3) is 2.07. The highest BCUT2D eigenvalue weighted by Crippen LogP contribution is 2.49. The number of carboxylic acid groups (broad SMARTS) is 1. The van der Waals surface area contributed by atoms with Crippen molar-refractivity contribution in [1.29, 1.82) is 0 Å². The first-order chi connectivity index (χ1) is 8.36. The van der Waals surface area contributed by atoms with Crippen LogP contribution in [0.25, 0.3) is 0 Å². The van der Waals surface area contributed by atoms with Gasteiger partial charge in [-0.15, -0.1) is 0 Å². The summed E-state index contributed by atoms with van der Waals surface area (Å²) in [6.07, 6.45) is 1.73. The Kier molecular flexibility index (Phi) is 3.04. The lowest BCUT2D eigenvalue weighted by Gasteiger charge is -2.27. The molecular formula is C12H18N2O4. The first kappa shape index (κ1) is 12.9. The molecule has 1 saturated carbocycles. The molecule has 3 amide bonds. The molecule has 2 rings (SSSR count). The fourth-order valence-electron chi connectivity index (χ4n) is 2.66. The van der Waals surface area contributed by atoms with Gasteiger partial charge in [0, 0.05) is 5.92 Å². The molecule has 0 radical (unpaired) electrons. The van der Waals surface area contributed by atoms with E-state index in [2.05, 4.69) is 10.6 Å². The number of carbonyl (C=O) groups is 3. The van der Waals surface area contributed by atoms with Crippen molar-refractivity contribution in [3.05, 3.63) is 0 Å². The molecule has 1 saturated heterocycles. The Morgan fingerprint density at radius 3 is 2.56 bits per heavy atom. The Labute approximate surface area is 105 Å². The number of rotatable bonds is 5. The van der Waals surface area contributed by atoms with Crippen molar-refractivity contribution in [2.45, 2.75) is 38.6 Å². The van der Waals surface area contributed by atoms with Crippen molar-refractivity contribution in [1.82, 2.24) is 10.6 Å². The Morgan fingerprint density at radius 1 is 1.50 bits per heavy atom. The molecular weight excluding hydrogens is 236 g/mol. The predicted molar refractivity (Wildman–Crippen MR) is 62.7 cm³/mol. The molecule has 3 atom stereocenters. The van der Waals surface area contributed by atoms with E-state index in [1.807, 2.05) is 13.8 Å². The number of amides is 3. The van der Waals surface area contributed by atoms with Gasteiger partial charge in [0.2, 0.25) is 0 Å². The van der Waals surface area contributed by atoms with Gasteiger partial charge < -0.3 is 10.4 Å².